The summed E-state index contributed by atoms with van der Waals surface area (Å²) in [5, 5.41) is 13.4. The summed E-state index contributed by atoms with van der Waals surface area (Å²) < 4.78 is 12.3. The van der Waals surface area contributed by atoms with Crippen LogP contribution in [0, 0.1) is 11.8 Å². The number of allylic oxidation sites excluding steroid dienone is 1. The fraction of sp³-hybridized carbons (Fsp3) is 0.588. The number of hydrogen-bond donors (Lipinski definition) is 2. The van der Waals surface area contributed by atoms with Gasteiger partial charge in [0.2, 0.25) is 17.7 Å². The molecule has 10 nitrogen and oxygen atoms in total. The Morgan fingerprint density at radius 3 is 2.59 bits per heavy atom. The molecule has 240 valence electrons. The van der Waals surface area contributed by atoms with Crippen LogP contribution in [0.4, 0.5) is 0 Å². The lowest BCUT2D eigenvalue weighted by Gasteiger charge is -2.41. The largest absolute Gasteiger partial charge is 0.460 e. The molecule has 4 rings (SSSR count). The molecule has 3 fully saturated rings. The molecule has 8 atom stereocenters. The lowest BCUT2D eigenvalue weighted by Crippen LogP contribution is -2.58. The fourth-order valence-corrected chi connectivity index (χ4v) is 7.26. The van der Waals surface area contributed by atoms with Gasteiger partial charge in [0.05, 0.1) is 37.1 Å². The second kappa shape index (κ2) is 14.5. The van der Waals surface area contributed by atoms with Crippen molar-refractivity contribution in [3.8, 4) is 0 Å². The van der Waals surface area contributed by atoms with E-state index < -0.39 is 60.2 Å². The summed E-state index contributed by atoms with van der Waals surface area (Å²) in [5.74, 6) is -3.29. The molecule has 1 spiro atoms. The number of fused-ring (bicyclic) bond motifs is 1. The minimum absolute atomic E-state index is 0.121. The number of aliphatic hydroxyl groups is 1. The van der Waals surface area contributed by atoms with Crippen LogP contribution < -0.4 is 5.32 Å². The Kier molecular flexibility index (Phi) is 11.0. The molecule has 3 aliphatic rings. The van der Waals surface area contributed by atoms with Gasteiger partial charge < -0.3 is 29.7 Å². The molecule has 1 aromatic rings. The molecule has 0 aromatic heterocycles. The highest BCUT2D eigenvalue weighted by atomic mass is 16.6. The summed E-state index contributed by atoms with van der Waals surface area (Å²) >= 11 is 0. The minimum atomic E-state index is -1.24. The molecular weight excluding hydrogens is 562 g/mol. The molecule has 0 aliphatic carbocycles. The number of carbonyl (C=O) groups excluding carboxylic acids is 4. The molecule has 3 aliphatic heterocycles. The number of benzene rings is 1. The van der Waals surface area contributed by atoms with Crippen molar-refractivity contribution in [2.45, 2.75) is 95.2 Å². The summed E-state index contributed by atoms with van der Waals surface area (Å²) in [4.78, 5) is 58.1. The van der Waals surface area contributed by atoms with Gasteiger partial charge in [0.25, 0.3) is 0 Å². The van der Waals surface area contributed by atoms with Gasteiger partial charge in [0, 0.05) is 19.0 Å². The predicted octanol–water partition coefficient (Wildman–Crippen LogP) is 3.31. The van der Waals surface area contributed by atoms with Gasteiger partial charge >= 0.3 is 5.97 Å². The van der Waals surface area contributed by atoms with Crippen LogP contribution in [0.5, 0.6) is 0 Å². The van der Waals surface area contributed by atoms with Crippen LogP contribution in [0.2, 0.25) is 0 Å². The molecule has 3 saturated heterocycles. The van der Waals surface area contributed by atoms with E-state index >= 15 is 0 Å². The van der Waals surface area contributed by atoms with Gasteiger partial charge in [-0.2, -0.15) is 0 Å². The van der Waals surface area contributed by atoms with E-state index in [-0.39, 0.29) is 24.4 Å². The first kappa shape index (κ1) is 33.4. The summed E-state index contributed by atoms with van der Waals surface area (Å²) in [6.07, 6.45) is 5.51. The van der Waals surface area contributed by atoms with Gasteiger partial charge in [-0.1, -0.05) is 55.8 Å². The van der Waals surface area contributed by atoms with Gasteiger partial charge in [0.1, 0.15) is 17.7 Å². The molecule has 3 heterocycles. The van der Waals surface area contributed by atoms with Crippen LogP contribution >= 0.6 is 0 Å². The van der Waals surface area contributed by atoms with Crippen molar-refractivity contribution in [3.63, 3.8) is 0 Å². The lowest BCUT2D eigenvalue weighted by molar-refractivity contribution is -0.160. The first-order chi connectivity index (χ1) is 21.1. The van der Waals surface area contributed by atoms with Crippen molar-refractivity contribution in [1.29, 1.82) is 0 Å². The Bertz CT molecular complexity index is 1220. The van der Waals surface area contributed by atoms with Gasteiger partial charge in [-0.15, -0.1) is 13.2 Å². The van der Waals surface area contributed by atoms with Gasteiger partial charge in [-0.05, 0) is 45.1 Å². The number of nitrogens with zero attached hydrogens (tertiary/aromatic N) is 2. The Balaban J connectivity index is 1.68. The molecule has 0 saturated carbocycles. The first-order valence-electron chi connectivity index (χ1n) is 15.8. The van der Waals surface area contributed by atoms with E-state index in [1.54, 1.807) is 24.0 Å². The number of aliphatic hydroxyl groups excluding tert-OH is 1. The number of carbonyl (C=O) groups is 4. The van der Waals surface area contributed by atoms with Crippen molar-refractivity contribution < 1.29 is 33.8 Å². The van der Waals surface area contributed by atoms with Crippen molar-refractivity contribution in [3.05, 3.63) is 61.2 Å². The quantitative estimate of drug-likeness (QED) is 0.218. The molecule has 2 bridgehead atoms. The van der Waals surface area contributed by atoms with Crippen molar-refractivity contribution in [1.82, 2.24) is 15.1 Å². The highest BCUT2D eigenvalue weighted by Crippen LogP contribution is 2.60. The monoisotopic (exact) mass is 609 g/mol. The van der Waals surface area contributed by atoms with Crippen LogP contribution in [0.1, 0.15) is 70.9 Å². The number of rotatable bonds is 16. The maximum atomic E-state index is 14.6. The normalized spacial score (nSPS) is 27.3. The maximum absolute atomic E-state index is 14.6. The van der Waals surface area contributed by atoms with Crippen LogP contribution in [0.3, 0.4) is 0 Å². The molecule has 10 heteroatoms. The number of likely N-dealkylation sites (tertiary alicyclic amines) is 1. The second-order valence-corrected chi connectivity index (χ2v) is 12.2. The maximum Gasteiger partial charge on any atom is 0.312 e. The van der Waals surface area contributed by atoms with Crippen molar-refractivity contribution in [2.75, 3.05) is 19.7 Å². The highest BCUT2D eigenvalue weighted by molar-refractivity contribution is 5.98. The van der Waals surface area contributed by atoms with Crippen molar-refractivity contribution in [2.24, 2.45) is 11.8 Å². The number of nitrogens with one attached hydrogen (secondary N) is 1. The second-order valence-electron chi connectivity index (χ2n) is 12.2. The number of hydrogen-bond acceptors (Lipinski definition) is 7. The molecule has 1 unspecified atom stereocenters. The van der Waals surface area contributed by atoms with Crippen LogP contribution in [0.25, 0.3) is 0 Å². The average Bonchev–Trinajstić information content (AvgIpc) is 3.66. The van der Waals surface area contributed by atoms with Crippen LogP contribution in [0.15, 0.2) is 55.6 Å². The van der Waals surface area contributed by atoms with E-state index in [9.17, 15) is 24.3 Å². The summed E-state index contributed by atoms with van der Waals surface area (Å²) in [6, 6.07) is 7.15. The standard InChI is InChI=1S/C34H47N3O7/c1-6-9-16-27(39)35-20-23(5)43-33(42)28-26-17-18-34(44-26)29(28)31(40)37(25(21-38)24-14-11-10-12-15-24)30(34)32(41)36(19-8-3)22(4)13-7-2/h6,8,10-12,14-15,22-23,25-26,28-30,38H,1,3,7,9,13,16-21H2,2,4-5H3,(H,35,39)/t22?,23-,25-,26+,28-,29-,30+,34-/m1/s1. The average molecular weight is 610 g/mol. The van der Waals surface area contributed by atoms with E-state index in [1.807, 2.05) is 37.3 Å². The van der Waals surface area contributed by atoms with Gasteiger partial charge in [0.15, 0.2) is 0 Å². The Morgan fingerprint density at radius 1 is 1.23 bits per heavy atom. The zero-order valence-corrected chi connectivity index (χ0v) is 26.2. The van der Waals surface area contributed by atoms with Gasteiger partial charge in [-0.3, -0.25) is 19.2 Å². The van der Waals surface area contributed by atoms with Crippen LogP contribution in [-0.4, -0.2) is 88.2 Å². The third-order valence-corrected chi connectivity index (χ3v) is 9.26. The Hall–Kier alpha value is -3.50. The van der Waals surface area contributed by atoms with E-state index in [4.69, 9.17) is 9.47 Å². The first-order valence-corrected chi connectivity index (χ1v) is 15.8. The smallest absolute Gasteiger partial charge is 0.312 e. The molecular formula is C34H47N3O7. The van der Waals surface area contributed by atoms with E-state index in [0.717, 1.165) is 12.8 Å². The summed E-state index contributed by atoms with van der Waals surface area (Å²) in [7, 11) is 0. The van der Waals surface area contributed by atoms with Crippen molar-refractivity contribution >= 4 is 23.7 Å². The molecule has 0 radical (unpaired) electrons. The third kappa shape index (κ3) is 6.33. The SMILES string of the molecule is C=CCCC(=O)NC[C@@H](C)OC(=O)[C@@H]1[C@@H]2CC[C@]3(O2)[C@H](C(=O)N(CC=C)C(C)CCC)N([C@H](CO)c2ccccc2)C(=O)[C@@H]13. The third-order valence-electron chi connectivity index (χ3n) is 9.26. The lowest BCUT2D eigenvalue weighted by atomic mass is 9.70. The predicted molar refractivity (Wildman–Crippen MR) is 165 cm³/mol. The fourth-order valence-electron chi connectivity index (χ4n) is 7.26. The number of esters is 1. The van der Waals surface area contributed by atoms with Crippen LogP contribution in [-0.2, 0) is 28.7 Å². The number of ether oxygens (including phenoxy) is 2. The van der Waals surface area contributed by atoms with Gasteiger partial charge in [-0.25, -0.2) is 0 Å². The molecule has 2 N–H and O–H groups in total. The zero-order chi connectivity index (χ0) is 32.0. The molecule has 1 aromatic carbocycles. The molecule has 3 amide bonds. The highest BCUT2D eigenvalue weighted by Gasteiger charge is 2.75. The summed E-state index contributed by atoms with van der Waals surface area (Å²) in [6.45, 7) is 13.2. The topological polar surface area (TPSA) is 125 Å². The Labute approximate surface area is 260 Å². The Morgan fingerprint density at radius 2 is 1.95 bits per heavy atom. The zero-order valence-electron chi connectivity index (χ0n) is 26.2. The summed E-state index contributed by atoms with van der Waals surface area (Å²) in [5.41, 5.74) is -0.554. The molecule has 44 heavy (non-hydrogen) atoms. The van der Waals surface area contributed by atoms with E-state index in [0.29, 0.717) is 37.8 Å². The van der Waals surface area contributed by atoms with E-state index in [2.05, 4.69) is 25.4 Å². The number of amides is 3. The van der Waals surface area contributed by atoms with E-state index in [1.165, 1.54) is 4.90 Å². The minimum Gasteiger partial charge on any atom is -0.460 e.